The average Bonchev–Trinajstić information content (AvgIpc) is 2.73. The van der Waals surface area contributed by atoms with Gasteiger partial charge in [0.2, 0.25) is 0 Å². The Bertz CT molecular complexity index is 462. The number of esters is 1. The third-order valence-electron chi connectivity index (χ3n) is 5.72. The van der Waals surface area contributed by atoms with Crippen molar-refractivity contribution in [1.29, 1.82) is 0 Å². The highest BCUT2D eigenvalue weighted by Gasteiger charge is 2.27. The predicted octanol–water partition coefficient (Wildman–Crippen LogP) is 4.36. The highest BCUT2D eigenvalue weighted by atomic mass is 127. The fraction of sp³-hybridized carbons (Fsp3) is 0.909. The molecule has 2 rings (SSSR count). The zero-order valence-electron chi connectivity index (χ0n) is 18.5. The molecular weight excluding hydrogens is 481 g/mol. The number of piperidine rings is 1. The first kappa shape index (κ1) is 26.5. The molecule has 170 valence electrons. The summed E-state index contributed by atoms with van der Waals surface area (Å²) in [5.74, 6) is 0.992. The summed E-state index contributed by atoms with van der Waals surface area (Å²) in [5.41, 5.74) is 0. The predicted molar refractivity (Wildman–Crippen MR) is 129 cm³/mol. The summed E-state index contributed by atoms with van der Waals surface area (Å²) >= 11 is 0. The maximum atomic E-state index is 11.9. The van der Waals surface area contributed by atoms with E-state index in [4.69, 9.17) is 14.5 Å². The first-order valence-electron chi connectivity index (χ1n) is 11.6. The molecule has 6 nitrogen and oxygen atoms in total. The molecule has 2 aliphatic rings. The second kappa shape index (κ2) is 16.2. The Balaban J connectivity index is 0.00000420. The molecule has 0 unspecified atom stereocenters. The highest BCUT2D eigenvalue weighted by molar-refractivity contribution is 14.0. The summed E-state index contributed by atoms with van der Waals surface area (Å²) in [7, 11) is 0. The van der Waals surface area contributed by atoms with Crippen LogP contribution in [0.3, 0.4) is 0 Å². The number of carbonyl (C=O) groups excluding carboxylic acids is 1. The molecule has 1 aliphatic heterocycles. The molecule has 0 aromatic rings. The molecule has 1 saturated heterocycles. The first-order chi connectivity index (χ1) is 13.7. The quantitative estimate of drug-likeness (QED) is 0.152. The first-order valence-corrected chi connectivity index (χ1v) is 11.6. The lowest BCUT2D eigenvalue weighted by Gasteiger charge is -2.33. The van der Waals surface area contributed by atoms with Gasteiger partial charge in [-0.2, -0.15) is 0 Å². The maximum Gasteiger partial charge on any atom is 0.309 e. The summed E-state index contributed by atoms with van der Waals surface area (Å²) < 4.78 is 11.2. The fourth-order valence-corrected chi connectivity index (χ4v) is 4.07. The number of halogens is 1. The summed E-state index contributed by atoms with van der Waals surface area (Å²) in [6.07, 6.45) is 12.2. The van der Waals surface area contributed by atoms with Gasteiger partial charge < -0.3 is 19.7 Å². The number of ether oxygens (including phenoxy) is 2. The van der Waals surface area contributed by atoms with E-state index < -0.39 is 0 Å². The van der Waals surface area contributed by atoms with Gasteiger partial charge in [-0.25, -0.2) is 0 Å². The van der Waals surface area contributed by atoms with E-state index in [2.05, 4.69) is 17.1 Å². The van der Waals surface area contributed by atoms with Gasteiger partial charge in [-0.05, 0) is 58.8 Å². The highest BCUT2D eigenvalue weighted by Crippen LogP contribution is 2.21. The normalized spacial score (nSPS) is 19.0. The van der Waals surface area contributed by atoms with Crippen LogP contribution in [0.1, 0.15) is 78.1 Å². The van der Waals surface area contributed by atoms with Crippen LogP contribution in [0.4, 0.5) is 0 Å². The van der Waals surface area contributed by atoms with Gasteiger partial charge in [0.1, 0.15) is 0 Å². The minimum absolute atomic E-state index is 0. The Hall–Kier alpha value is -0.570. The Morgan fingerprint density at radius 2 is 1.76 bits per heavy atom. The summed E-state index contributed by atoms with van der Waals surface area (Å²) in [6, 6.07) is 0. The van der Waals surface area contributed by atoms with Crippen LogP contribution in [0, 0.1) is 5.92 Å². The number of nitrogens with one attached hydrogen (secondary N) is 1. The SMILES string of the molecule is CCNC(=NCCCCCOC1CCCCC1)N1CCC(C(=O)OCC)CC1.I. The van der Waals surface area contributed by atoms with Gasteiger partial charge in [0.05, 0.1) is 18.6 Å². The van der Waals surface area contributed by atoms with E-state index >= 15 is 0 Å². The molecule has 2 fully saturated rings. The molecule has 1 saturated carbocycles. The summed E-state index contributed by atoms with van der Waals surface area (Å²) in [5, 5.41) is 3.40. The maximum absolute atomic E-state index is 11.9. The Kier molecular flexibility index (Phi) is 14.8. The van der Waals surface area contributed by atoms with Crippen LogP contribution < -0.4 is 5.32 Å². The van der Waals surface area contributed by atoms with Gasteiger partial charge in [0, 0.05) is 32.8 Å². The van der Waals surface area contributed by atoms with Gasteiger partial charge in [-0.1, -0.05) is 19.3 Å². The van der Waals surface area contributed by atoms with Crippen LogP contribution in [0.25, 0.3) is 0 Å². The Labute approximate surface area is 194 Å². The number of hydrogen-bond donors (Lipinski definition) is 1. The van der Waals surface area contributed by atoms with Crippen molar-refractivity contribution in [2.24, 2.45) is 10.9 Å². The Morgan fingerprint density at radius 3 is 2.41 bits per heavy atom. The zero-order chi connectivity index (χ0) is 20.0. The molecule has 0 spiro atoms. The third kappa shape index (κ3) is 10.3. The topological polar surface area (TPSA) is 63.2 Å². The second-order valence-corrected chi connectivity index (χ2v) is 7.94. The smallest absolute Gasteiger partial charge is 0.309 e. The number of nitrogens with zero attached hydrogens (tertiary/aromatic N) is 2. The van der Waals surface area contributed by atoms with Crippen LogP contribution in [0.5, 0.6) is 0 Å². The van der Waals surface area contributed by atoms with Crippen molar-refractivity contribution >= 4 is 35.9 Å². The van der Waals surface area contributed by atoms with Crippen molar-refractivity contribution in [3.63, 3.8) is 0 Å². The third-order valence-corrected chi connectivity index (χ3v) is 5.72. The lowest BCUT2D eigenvalue weighted by atomic mass is 9.97. The van der Waals surface area contributed by atoms with Crippen molar-refractivity contribution in [2.75, 3.05) is 39.4 Å². The molecule has 1 N–H and O–H groups in total. The minimum Gasteiger partial charge on any atom is -0.466 e. The Morgan fingerprint density at radius 1 is 1.03 bits per heavy atom. The van der Waals surface area contributed by atoms with E-state index in [1.54, 1.807) is 0 Å². The standard InChI is InChI=1S/C22H41N3O3.HI/c1-3-23-22(25-16-13-19(14-17-25)21(26)27-4-2)24-15-9-6-10-18-28-20-11-7-5-8-12-20;/h19-20H,3-18H2,1-2H3,(H,23,24);1H. The average molecular weight is 524 g/mol. The molecule has 0 aromatic heterocycles. The van der Waals surface area contributed by atoms with Crippen molar-refractivity contribution in [3.8, 4) is 0 Å². The number of unbranched alkanes of at least 4 members (excludes halogenated alkanes) is 2. The summed E-state index contributed by atoms with van der Waals surface area (Å²) in [6.45, 7) is 8.78. The van der Waals surface area contributed by atoms with Crippen LogP contribution in [-0.4, -0.2) is 62.3 Å². The molecule has 0 aromatic carbocycles. The molecular formula is C22H42IN3O3. The van der Waals surface area contributed by atoms with Crippen molar-refractivity contribution in [3.05, 3.63) is 0 Å². The number of rotatable bonds is 10. The summed E-state index contributed by atoms with van der Waals surface area (Å²) in [4.78, 5) is 19.0. The van der Waals surface area contributed by atoms with Crippen LogP contribution in [0.2, 0.25) is 0 Å². The lowest BCUT2D eigenvalue weighted by molar-refractivity contribution is -0.149. The minimum atomic E-state index is -0.0421. The lowest BCUT2D eigenvalue weighted by Crippen LogP contribution is -2.46. The molecule has 29 heavy (non-hydrogen) atoms. The van der Waals surface area contributed by atoms with E-state index in [1.807, 2.05) is 6.92 Å². The fourth-order valence-electron chi connectivity index (χ4n) is 4.07. The number of guanidine groups is 1. The van der Waals surface area contributed by atoms with Gasteiger partial charge in [0.25, 0.3) is 0 Å². The van der Waals surface area contributed by atoms with E-state index in [1.165, 1.54) is 38.5 Å². The monoisotopic (exact) mass is 523 g/mol. The van der Waals surface area contributed by atoms with Crippen molar-refractivity contribution in [1.82, 2.24) is 10.2 Å². The molecule has 0 atom stereocenters. The van der Waals surface area contributed by atoms with E-state index in [9.17, 15) is 4.79 Å². The zero-order valence-corrected chi connectivity index (χ0v) is 20.8. The van der Waals surface area contributed by atoms with Crippen LogP contribution >= 0.6 is 24.0 Å². The molecule has 0 bridgehead atoms. The second-order valence-electron chi connectivity index (χ2n) is 7.94. The van der Waals surface area contributed by atoms with Gasteiger partial charge in [0.15, 0.2) is 5.96 Å². The number of aliphatic imine (C=N–C) groups is 1. The van der Waals surface area contributed by atoms with E-state index in [-0.39, 0.29) is 35.9 Å². The molecule has 1 heterocycles. The van der Waals surface area contributed by atoms with E-state index in [0.717, 1.165) is 64.4 Å². The molecule has 1 aliphatic carbocycles. The van der Waals surface area contributed by atoms with Crippen molar-refractivity contribution < 1.29 is 14.3 Å². The van der Waals surface area contributed by atoms with Gasteiger partial charge >= 0.3 is 5.97 Å². The number of carbonyl (C=O) groups is 1. The van der Waals surface area contributed by atoms with Crippen LogP contribution in [0.15, 0.2) is 4.99 Å². The van der Waals surface area contributed by atoms with E-state index in [0.29, 0.717) is 12.7 Å². The van der Waals surface area contributed by atoms with Crippen LogP contribution in [-0.2, 0) is 14.3 Å². The van der Waals surface area contributed by atoms with Gasteiger partial charge in [-0.3, -0.25) is 9.79 Å². The molecule has 7 heteroatoms. The van der Waals surface area contributed by atoms with Crippen molar-refractivity contribution in [2.45, 2.75) is 84.2 Å². The molecule has 0 radical (unpaired) electrons. The number of likely N-dealkylation sites (tertiary alicyclic amines) is 1. The largest absolute Gasteiger partial charge is 0.466 e. The number of hydrogen-bond acceptors (Lipinski definition) is 4. The van der Waals surface area contributed by atoms with Gasteiger partial charge in [-0.15, -0.1) is 24.0 Å². The molecule has 0 amide bonds.